The van der Waals surface area contributed by atoms with Crippen molar-refractivity contribution in [3.05, 3.63) is 53.6 Å². The number of nitrogens with two attached hydrogens (primary N) is 2. The monoisotopic (exact) mass is 269 g/mol. The predicted octanol–water partition coefficient (Wildman–Crippen LogP) is 1.91. The highest BCUT2D eigenvalue weighted by atomic mass is 16.5. The zero-order valence-electron chi connectivity index (χ0n) is 10.8. The molecule has 5 nitrogen and oxygen atoms in total. The minimum atomic E-state index is -0.507. The number of benzene rings is 2. The number of fused-ring (bicyclic) bond motifs is 1. The molecular formula is C15H15N3O2. The van der Waals surface area contributed by atoms with Crippen LogP contribution < -0.4 is 21.5 Å². The molecule has 1 unspecified atom stereocenters. The first-order valence-electron chi connectivity index (χ1n) is 6.33. The van der Waals surface area contributed by atoms with E-state index in [1.807, 2.05) is 24.3 Å². The molecule has 0 aromatic heterocycles. The second kappa shape index (κ2) is 4.77. The lowest BCUT2D eigenvalue weighted by atomic mass is 10.1. The Labute approximate surface area is 116 Å². The highest BCUT2D eigenvalue weighted by molar-refractivity contribution is 6.01. The summed E-state index contributed by atoms with van der Waals surface area (Å²) in [6.07, 6.45) is 0. The third-order valence-electron chi connectivity index (χ3n) is 3.38. The van der Waals surface area contributed by atoms with E-state index in [1.165, 1.54) is 0 Å². The van der Waals surface area contributed by atoms with Gasteiger partial charge in [0.05, 0.1) is 23.0 Å². The van der Waals surface area contributed by atoms with Crippen molar-refractivity contribution in [2.24, 2.45) is 5.73 Å². The molecule has 0 spiro atoms. The molecule has 0 fully saturated rings. The van der Waals surface area contributed by atoms with Gasteiger partial charge in [-0.25, -0.2) is 0 Å². The van der Waals surface area contributed by atoms with Crippen LogP contribution in [0, 0.1) is 0 Å². The molecular weight excluding hydrogens is 254 g/mol. The highest BCUT2D eigenvalue weighted by Crippen LogP contribution is 2.36. The van der Waals surface area contributed by atoms with Gasteiger partial charge in [0.1, 0.15) is 12.4 Å². The van der Waals surface area contributed by atoms with E-state index in [2.05, 4.69) is 5.32 Å². The van der Waals surface area contributed by atoms with Gasteiger partial charge in [-0.05, 0) is 18.2 Å². The molecule has 102 valence electrons. The normalized spacial score (nSPS) is 16.3. The molecule has 1 atom stereocenters. The smallest absolute Gasteiger partial charge is 0.250 e. The van der Waals surface area contributed by atoms with Gasteiger partial charge in [0, 0.05) is 5.56 Å². The second-order valence-corrected chi connectivity index (χ2v) is 4.68. The summed E-state index contributed by atoms with van der Waals surface area (Å²) in [4.78, 5) is 11.5. The van der Waals surface area contributed by atoms with Crippen LogP contribution in [0.15, 0.2) is 42.5 Å². The van der Waals surface area contributed by atoms with E-state index in [0.717, 1.165) is 11.3 Å². The number of amides is 1. The topological polar surface area (TPSA) is 90.4 Å². The maximum atomic E-state index is 11.5. The van der Waals surface area contributed by atoms with Crippen molar-refractivity contribution in [2.75, 3.05) is 17.7 Å². The fraction of sp³-hybridized carbons (Fsp3) is 0.133. The molecule has 5 heteroatoms. The summed E-state index contributed by atoms with van der Waals surface area (Å²) in [5.41, 5.74) is 13.8. The fourth-order valence-electron chi connectivity index (χ4n) is 2.39. The Morgan fingerprint density at radius 3 is 2.80 bits per heavy atom. The van der Waals surface area contributed by atoms with Crippen molar-refractivity contribution in [3.8, 4) is 5.75 Å². The van der Waals surface area contributed by atoms with E-state index in [4.69, 9.17) is 16.2 Å². The summed E-state index contributed by atoms with van der Waals surface area (Å²) in [6, 6.07) is 12.8. The van der Waals surface area contributed by atoms with Gasteiger partial charge in [-0.3, -0.25) is 4.79 Å². The van der Waals surface area contributed by atoms with Crippen LogP contribution in [0.2, 0.25) is 0 Å². The summed E-state index contributed by atoms with van der Waals surface area (Å²) in [5, 5.41) is 3.26. The molecule has 5 N–H and O–H groups in total. The van der Waals surface area contributed by atoms with E-state index >= 15 is 0 Å². The average molecular weight is 269 g/mol. The van der Waals surface area contributed by atoms with Crippen LogP contribution in [-0.2, 0) is 0 Å². The minimum Gasteiger partial charge on any atom is -0.491 e. The quantitative estimate of drug-likeness (QED) is 0.742. The van der Waals surface area contributed by atoms with Crippen molar-refractivity contribution in [1.82, 2.24) is 0 Å². The third kappa shape index (κ3) is 2.03. The van der Waals surface area contributed by atoms with E-state index in [1.54, 1.807) is 18.2 Å². The maximum Gasteiger partial charge on any atom is 0.250 e. The van der Waals surface area contributed by atoms with Crippen molar-refractivity contribution in [2.45, 2.75) is 6.04 Å². The summed E-state index contributed by atoms with van der Waals surface area (Å²) in [5.74, 6) is 0.340. The van der Waals surface area contributed by atoms with Gasteiger partial charge in [0.15, 0.2) is 0 Å². The number of hydrogen-bond donors (Lipinski definition) is 3. The fourth-order valence-corrected chi connectivity index (χ4v) is 2.39. The highest BCUT2D eigenvalue weighted by Gasteiger charge is 2.25. The number of hydrogen-bond acceptors (Lipinski definition) is 4. The number of primary amides is 1. The lowest BCUT2D eigenvalue weighted by molar-refractivity contribution is 0.100. The Balaban J connectivity index is 1.95. The number of carbonyl (C=O) groups excluding carboxylic acids is 1. The zero-order chi connectivity index (χ0) is 14.1. The Kier molecular flexibility index (Phi) is 2.95. The summed E-state index contributed by atoms with van der Waals surface area (Å²) in [7, 11) is 0. The Bertz CT molecular complexity index is 670. The van der Waals surface area contributed by atoms with Crippen molar-refractivity contribution in [3.63, 3.8) is 0 Å². The van der Waals surface area contributed by atoms with Gasteiger partial charge in [-0.1, -0.05) is 24.3 Å². The first kappa shape index (κ1) is 12.3. The number of nitrogens with one attached hydrogen (secondary N) is 1. The summed E-state index contributed by atoms with van der Waals surface area (Å²) >= 11 is 0. The number of ether oxygens (including phenoxy) is 1. The molecule has 1 heterocycles. The van der Waals surface area contributed by atoms with Gasteiger partial charge >= 0.3 is 0 Å². The van der Waals surface area contributed by atoms with Crippen LogP contribution in [0.25, 0.3) is 0 Å². The average Bonchev–Trinajstić information content (AvgIpc) is 2.84. The number of para-hydroxylation sites is 2. The SMILES string of the molecule is NC(=O)c1cccc(N)c1NC1COc2ccccc21. The van der Waals surface area contributed by atoms with Gasteiger partial charge in [0.2, 0.25) is 0 Å². The second-order valence-electron chi connectivity index (χ2n) is 4.68. The predicted molar refractivity (Wildman–Crippen MR) is 77.7 cm³/mol. The molecule has 0 saturated heterocycles. The summed E-state index contributed by atoms with van der Waals surface area (Å²) < 4.78 is 5.60. The van der Waals surface area contributed by atoms with Gasteiger partial charge in [-0.2, -0.15) is 0 Å². The Hall–Kier alpha value is -2.69. The van der Waals surface area contributed by atoms with E-state index in [0.29, 0.717) is 23.5 Å². The van der Waals surface area contributed by atoms with Gasteiger partial charge in [0.25, 0.3) is 5.91 Å². The maximum absolute atomic E-state index is 11.5. The van der Waals surface area contributed by atoms with E-state index in [-0.39, 0.29) is 6.04 Å². The molecule has 1 amide bonds. The van der Waals surface area contributed by atoms with Crippen LogP contribution >= 0.6 is 0 Å². The van der Waals surface area contributed by atoms with Crippen LogP contribution in [0.4, 0.5) is 11.4 Å². The summed E-state index contributed by atoms with van der Waals surface area (Å²) in [6.45, 7) is 0.492. The molecule has 20 heavy (non-hydrogen) atoms. The van der Waals surface area contributed by atoms with Crippen LogP contribution in [0.3, 0.4) is 0 Å². The molecule has 0 radical (unpaired) electrons. The van der Waals surface area contributed by atoms with E-state index < -0.39 is 5.91 Å². The van der Waals surface area contributed by atoms with Crippen LogP contribution in [0.5, 0.6) is 5.75 Å². The van der Waals surface area contributed by atoms with E-state index in [9.17, 15) is 4.79 Å². The van der Waals surface area contributed by atoms with Crippen LogP contribution in [-0.4, -0.2) is 12.5 Å². The standard InChI is InChI=1S/C15H15N3O2/c16-11-6-3-5-10(15(17)19)14(11)18-12-8-20-13-7-2-1-4-9(12)13/h1-7,12,18H,8,16H2,(H2,17,19). The third-order valence-corrected chi connectivity index (χ3v) is 3.38. The van der Waals surface area contributed by atoms with Crippen molar-refractivity contribution in [1.29, 1.82) is 0 Å². The molecule has 1 aliphatic heterocycles. The lowest BCUT2D eigenvalue weighted by Crippen LogP contribution is -2.19. The number of carbonyl (C=O) groups is 1. The van der Waals surface area contributed by atoms with Crippen molar-refractivity contribution >= 4 is 17.3 Å². The molecule has 0 bridgehead atoms. The van der Waals surface area contributed by atoms with Gasteiger partial charge in [-0.15, -0.1) is 0 Å². The minimum absolute atomic E-state index is 0.0472. The largest absolute Gasteiger partial charge is 0.491 e. The Morgan fingerprint density at radius 1 is 1.20 bits per heavy atom. The van der Waals surface area contributed by atoms with Crippen molar-refractivity contribution < 1.29 is 9.53 Å². The first-order valence-corrected chi connectivity index (χ1v) is 6.33. The lowest BCUT2D eigenvalue weighted by Gasteiger charge is -2.17. The molecule has 0 saturated carbocycles. The molecule has 0 aliphatic carbocycles. The number of rotatable bonds is 3. The Morgan fingerprint density at radius 2 is 2.00 bits per heavy atom. The molecule has 3 rings (SSSR count). The van der Waals surface area contributed by atoms with Gasteiger partial charge < -0.3 is 21.5 Å². The molecule has 1 aliphatic rings. The van der Waals surface area contributed by atoms with Crippen LogP contribution in [0.1, 0.15) is 22.0 Å². The molecule has 2 aromatic carbocycles. The molecule has 2 aromatic rings. The number of anilines is 2. The number of nitrogen functional groups attached to an aromatic ring is 1. The first-order chi connectivity index (χ1) is 9.66. The zero-order valence-corrected chi connectivity index (χ0v) is 10.8.